The molecule has 0 saturated heterocycles. The zero-order valence-corrected chi connectivity index (χ0v) is 22.7. The van der Waals surface area contributed by atoms with Gasteiger partial charge < -0.3 is 4.90 Å². The fourth-order valence-corrected chi connectivity index (χ4v) is 8.03. The summed E-state index contributed by atoms with van der Waals surface area (Å²) in [6.07, 6.45) is 0.538. The summed E-state index contributed by atoms with van der Waals surface area (Å²) in [7, 11) is -8.11. The van der Waals surface area contributed by atoms with Crippen LogP contribution in [0.15, 0.2) is 47.4 Å². The van der Waals surface area contributed by atoms with Crippen molar-refractivity contribution in [2.24, 2.45) is 0 Å². The Morgan fingerprint density at radius 1 is 1.00 bits per heavy atom. The summed E-state index contributed by atoms with van der Waals surface area (Å²) in [5.74, 6) is -0.640. The van der Waals surface area contributed by atoms with E-state index < -0.39 is 20.2 Å². The van der Waals surface area contributed by atoms with Gasteiger partial charge in [0.15, 0.2) is 11.9 Å². The average Bonchev–Trinajstić information content (AvgIpc) is 3.24. The van der Waals surface area contributed by atoms with Gasteiger partial charge in [0, 0.05) is 27.5 Å². The average molecular weight is 642 g/mol. The molecule has 178 valence electrons. The third-order valence-corrected chi connectivity index (χ3v) is 10.1. The normalized spacial score (nSPS) is 16.5. The Morgan fingerprint density at radius 3 is 2.42 bits per heavy atom. The highest BCUT2D eigenvalue weighted by molar-refractivity contribution is 14.1. The standard InChI is InChI=1S/C20H21IN2O6S4/c21-14-7-8-18-16(13-14)23(10-4-12-33(27,28)29)20(31-18)19-22(9-3-11-32(24,25)26)15-5-1-2-6-17(15)30-19/h1-2,5-8,13,19H,3-4,9-12H2,(H-,24,25,26,27,28,29)/p+1. The fraction of sp³-hybridized carbons (Fsp3) is 0.350. The first-order valence-corrected chi connectivity index (χ1v) is 16.1. The van der Waals surface area contributed by atoms with E-state index in [9.17, 15) is 25.9 Å². The first kappa shape index (κ1) is 25.1. The number of hydrogen-bond acceptors (Lipinski definition) is 7. The van der Waals surface area contributed by atoms with Crippen molar-refractivity contribution in [2.45, 2.75) is 29.7 Å². The van der Waals surface area contributed by atoms with E-state index in [2.05, 4.69) is 38.1 Å². The number of benzene rings is 2. The Balaban J connectivity index is 1.73. The molecule has 1 unspecified atom stereocenters. The van der Waals surface area contributed by atoms with Crippen molar-refractivity contribution in [3.05, 3.63) is 51.0 Å². The summed E-state index contributed by atoms with van der Waals surface area (Å²) in [4.78, 5) is 3.21. The molecule has 3 aromatic rings. The van der Waals surface area contributed by atoms with Crippen molar-refractivity contribution < 1.29 is 30.5 Å². The maximum Gasteiger partial charge on any atom is 0.272 e. The van der Waals surface area contributed by atoms with Crippen LogP contribution < -0.4 is 9.47 Å². The summed E-state index contributed by atoms with van der Waals surface area (Å²) in [5, 5.41) is 0.875. The van der Waals surface area contributed by atoms with E-state index in [0.29, 0.717) is 13.1 Å². The quantitative estimate of drug-likeness (QED) is 0.205. The molecule has 1 atom stereocenters. The van der Waals surface area contributed by atoms with Crippen molar-refractivity contribution in [3.63, 3.8) is 0 Å². The molecule has 0 saturated carbocycles. The number of thioether (sulfide) groups is 1. The van der Waals surface area contributed by atoms with E-state index in [0.717, 1.165) is 29.4 Å². The molecule has 0 bridgehead atoms. The second-order valence-electron chi connectivity index (χ2n) is 7.61. The maximum absolute atomic E-state index is 11.3. The first-order valence-electron chi connectivity index (χ1n) is 10.1. The smallest absolute Gasteiger partial charge is 0.272 e. The monoisotopic (exact) mass is 641 g/mol. The van der Waals surface area contributed by atoms with Gasteiger partial charge in [0.2, 0.25) is 5.52 Å². The predicted molar refractivity (Wildman–Crippen MR) is 139 cm³/mol. The number of hydrogen-bond donors (Lipinski definition) is 2. The van der Waals surface area contributed by atoms with Gasteiger partial charge in [-0.25, -0.2) is 0 Å². The lowest BCUT2D eigenvalue weighted by Gasteiger charge is -2.24. The third-order valence-electron chi connectivity index (χ3n) is 5.19. The zero-order valence-electron chi connectivity index (χ0n) is 17.3. The van der Waals surface area contributed by atoms with Gasteiger partial charge in [-0.2, -0.15) is 21.4 Å². The lowest BCUT2D eigenvalue weighted by Crippen LogP contribution is -2.41. The molecule has 8 nitrogen and oxygen atoms in total. The van der Waals surface area contributed by atoms with E-state index in [1.807, 2.05) is 36.4 Å². The zero-order chi connectivity index (χ0) is 23.8. The molecule has 4 rings (SSSR count). The summed E-state index contributed by atoms with van der Waals surface area (Å²) < 4.78 is 67.7. The molecular weight excluding hydrogens is 619 g/mol. The molecule has 0 aliphatic carbocycles. The van der Waals surface area contributed by atoms with Gasteiger partial charge >= 0.3 is 0 Å². The van der Waals surface area contributed by atoms with Gasteiger partial charge in [0.05, 0.1) is 17.2 Å². The van der Waals surface area contributed by atoms with Gasteiger partial charge in [-0.15, -0.1) is 0 Å². The van der Waals surface area contributed by atoms with Crippen LogP contribution in [0.25, 0.3) is 10.2 Å². The van der Waals surface area contributed by atoms with Crippen LogP contribution >= 0.6 is 45.7 Å². The van der Waals surface area contributed by atoms with Crippen molar-refractivity contribution >= 4 is 81.8 Å². The van der Waals surface area contributed by atoms with E-state index >= 15 is 0 Å². The van der Waals surface area contributed by atoms with Crippen molar-refractivity contribution in [1.29, 1.82) is 0 Å². The van der Waals surface area contributed by atoms with Crippen LogP contribution in [-0.2, 0) is 26.8 Å². The number of fused-ring (bicyclic) bond motifs is 2. The maximum atomic E-state index is 11.3. The molecular formula is C20H22IN2O6S4+. The van der Waals surface area contributed by atoms with Crippen molar-refractivity contribution in [1.82, 2.24) is 0 Å². The van der Waals surface area contributed by atoms with Crippen LogP contribution in [-0.4, -0.2) is 44.0 Å². The highest BCUT2D eigenvalue weighted by Gasteiger charge is 2.39. The summed E-state index contributed by atoms with van der Waals surface area (Å²) in [6, 6.07) is 14.0. The number of para-hydroxylation sites is 1. The number of halogens is 1. The molecule has 0 radical (unpaired) electrons. The van der Waals surface area contributed by atoms with E-state index in [1.54, 1.807) is 23.1 Å². The second-order valence-corrected chi connectivity index (χ2v) is 14.2. The van der Waals surface area contributed by atoms with Gasteiger partial charge in [-0.1, -0.05) is 35.2 Å². The minimum absolute atomic E-state index is 0.135. The topological polar surface area (TPSA) is 116 Å². The molecule has 1 aliphatic rings. The highest BCUT2D eigenvalue weighted by Crippen LogP contribution is 2.52. The van der Waals surface area contributed by atoms with Crippen LogP contribution in [0.3, 0.4) is 0 Å². The second kappa shape index (κ2) is 9.95. The third kappa shape index (κ3) is 6.18. The Bertz CT molecular complexity index is 1390. The molecule has 2 aromatic carbocycles. The first-order chi connectivity index (χ1) is 15.5. The molecule has 0 amide bonds. The number of aryl methyl sites for hydroxylation is 1. The molecule has 1 aliphatic heterocycles. The van der Waals surface area contributed by atoms with E-state index in [4.69, 9.17) is 0 Å². The molecule has 0 spiro atoms. The van der Waals surface area contributed by atoms with Crippen LogP contribution in [0.1, 0.15) is 23.2 Å². The molecule has 2 heterocycles. The number of thiazole rings is 1. The van der Waals surface area contributed by atoms with Crippen molar-refractivity contribution in [2.75, 3.05) is 23.0 Å². The molecule has 13 heteroatoms. The minimum Gasteiger partial charge on any atom is -0.348 e. The summed E-state index contributed by atoms with van der Waals surface area (Å²) in [6.45, 7) is 0.854. The van der Waals surface area contributed by atoms with Crippen LogP contribution in [0, 0.1) is 3.57 Å². The van der Waals surface area contributed by atoms with E-state index in [-0.39, 0.29) is 29.7 Å². The summed E-state index contributed by atoms with van der Waals surface area (Å²) in [5.41, 5.74) is 1.99. The van der Waals surface area contributed by atoms with Crippen LogP contribution in [0.5, 0.6) is 0 Å². The predicted octanol–water partition coefficient (Wildman–Crippen LogP) is 3.96. The minimum atomic E-state index is -4.06. The number of rotatable bonds is 9. The number of anilines is 1. The van der Waals surface area contributed by atoms with Crippen LogP contribution in [0.4, 0.5) is 5.69 Å². The Morgan fingerprint density at radius 2 is 1.70 bits per heavy atom. The van der Waals surface area contributed by atoms with E-state index in [1.165, 1.54) is 0 Å². The van der Waals surface area contributed by atoms with Gasteiger partial charge in [-0.05, 0) is 53.3 Å². The van der Waals surface area contributed by atoms with Crippen LogP contribution in [0.2, 0.25) is 0 Å². The molecule has 2 N–H and O–H groups in total. The van der Waals surface area contributed by atoms with Gasteiger partial charge in [0.25, 0.3) is 25.2 Å². The Kier molecular flexibility index (Phi) is 7.58. The Labute approximate surface area is 214 Å². The summed E-state index contributed by atoms with van der Waals surface area (Å²) >= 11 is 5.52. The molecule has 0 fully saturated rings. The fourth-order valence-electron chi connectivity index (χ4n) is 3.84. The number of nitrogens with zero attached hydrogens (tertiary/aromatic N) is 2. The van der Waals surface area contributed by atoms with Gasteiger partial charge in [0.1, 0.15) is 4.70 Å². The lowest BCUT2D eigenvalue weighted by molar-refractivity contribution is -0.674. The molecule has 33 heavy (non-hydrogen) atoms. The largest absolute Gasteiger partial charge is 0.348 e. The number of aromatic nitrogens is 1. The lowest BCUT2D eigenvalue weighted by atomic mass is 10.2. The Hall–Kier alpha value is -0.970. The highest BCUT2D eigenvalue weighted by atomic mass is 127. The molecule has 1 aromatic heterocycles. The SMILES string of the molecule is O=S(=O)(O)CCCN1c2ccccc2SC1c1sc2ccc(I)cc2[n+]1CCCS(=O)(=O)O. The van der Waals surface area contributed by atoms with Crippen molar-refractivity contribution in [3.8, 4) is 0 Å². The van der Waals surface area contributed by atoms with Gasteiger partial charge in [-0.3, -0.25) is 9.11 Å².